The van der Waals surface area contributed by atoms with Gasteiger partial charge in [-0.2, -0.15) is 0 Å². The van der Waals surface area contributed by atoms with Crippen LogP contribution in [-0.2, 0) is 6.54 Å². The fourth-order valence-electron chi connectivity index (χ4n) is 1.43. The van der Waals surface area contributed by atoms with Crippen molar-refractivity contribution in [3.8, 4) is 0 Å². The van der Waals surface area contributed by atoms with Crippen molar-refractivity contribution < 1.29 is 0 Å². The lowest BCUT2D eigenvalue weighted by atomic mass is 10.2. The Morgan fingerprint density at radius 3 is 2.67 bits per heavy atom. The summed E-state index contributed by atoms with van der Waals surface area (Å²) in [5.74, 6) is 0. The number of rotatable bonds is 4. The van der Waals surface area contributed by atoms with Gasteiger partial charge in [-0.3, -0.25) is 0 Å². The van der Waals surface area contributed by atoms with Gasteiger partial charge < -0.3 is 4.90 Å². The quantitative estimate of drug-likeness (QED) is 0.755. The molecular formula is C11H14BrCl2N. The zero-order valence-corrected chi connectivity index (χ0v) is 11.9. The van der Waals surface area contributed by atoms with Crippen LogP contribution in [0.15, 0.2) is 22.7 Å². The third-order valence-corrected chi connectivity index (χ3v) is 3.00. The molecule has 0 saturated heterocycles. The van der Waals surface area contributed by atoms with Gasteiger partial charge in [-0.15, -0.1) is 11.6 Å². The summed E-state index contributed by atoms with van der Waals surface area (Å²) in [6.45, 7) is 3.67. The lowest BCUT2D eigenvalue weighted by molar-refractivity contribution is 0.330. The Balaban J connectivity index is 2.64. The molecule has 84 valence electrons. The molecule has 1 rings (SSSR count). The maximum Gasteiger partial charge on any atom is 0.0462 e. The monoisotopic (exact) mass is 309 g/mol. The number of benzene rings is 1. The average molecular weight is 311 g/mol. The standard InChI is InChI=1S/C11H14BrCl2N/c1-8(13)6-15(2)7-9-3-4-10(12)5-11(9)14/h3-5,8H,6-7H2,1-2H3. The molecule has 1 nitrogen and oxygen atoms in total. The van der Waals surface area contributed by atoms with E-state index in [0.717, 1.165) is 28.1 Å². The number of nitrogens with zero attached hydrogens (tertiary/aromatic N) is 1. The number of halogens is 3. The Hall–Kier alpha value is 0.240. The van der Waals surface area contributed by atoms with Gasteiger partial charge in [0.2, 0.25) is 0 Å². The molecule has 0 aliphatic carbocycles. The minimum atomic E-state index is 0.157. The Labute approximate surface area is 109 Å². The fraction of sp³-hybridized carbons (Fsp3) is 0.455. The number of alkyl halides is 1. The molecule has 0 aromatic heterocycles. The van der Waals surface area contributed by atoms with Crippen molar-refractivity contribution in [2.75, 3.05) is 13.6 Å². The van der Waals surface area contributed by atoms with Gasteiger partial charge in [0.25, 0.3) is 0 Å². The molecule has 0 aliphatic heterocycles. The summed E-state index contributed by atoms with van der Waals surface area (Å²) in [6.07, 6.45) is 0. The molecule has 0 spiro atoms. The normalized spacial score (nSPS) is 13.2. The minimum Gasteiger partial charge on any atom is -0.301 e. The molecule has 15 heavy (non-hydrogen) atoms. The van der Waals surface area contributed by atoms with Crippen LogP contribution in [0.2, 0.25) is 5.02 Å². The highest BCUT2D eigenvalue weighted by molar-refractivity contribution is 9.10. The molecule has 1 aromatic rings. The molecule has 1 unspecified atom stereocenters. The zero-order chi connectivity index (χ0) is 11.4. The highest BCUT2D eigenvalue weighted by Gasteiger charge is 2.07. The van der Waals surface area contributed by atoms with E-state index < -0.39 is 0 Å². The average Bonchev–Trinajstić information content (AvgIpc) is 2.08. The maximum absolute atomic E-state index is 6.12. The molecule has 1 atom stereocenters. The van der Waals surface area contributed by atoms with Crippen LogP contribution in [0.1, 0.15) is 12.5 Å². The molecule has 0 bridgehead atoms. The number of hydrogen-bond donors (Lipinski definition) is 0. The first-order valence-corrected chi connectivity index (χ1v) is 6.36. The summed E-state index contributed by atoms with van der Waals surface area (Å²) in [5.41, 5.74) is 1.12. The van der Waals surface area contributed by atoms with Gasteiger partial charge in [0.05, 0.1) is 0 Å². The minimum absolute atomic E-state index is 0.157. The topological polar surface area (TPSA) is 3.24 Å². The van der Waals surface area contributed by atoms with Crippen molar-refractivity contribution in [2.24, 2.45) is 0 Å². The molecule has 0 N–H and O–H groups in total. The second kappa shape index (κ2) is 6.09. The smallest absolute Gasteiger partial charge is 0.0462 e. The van der Waals surface area contributed by atoms with Crippen LogP contribution in [0.4, 0.5) is 0 Å². The van der Waals surface area contributed by atoms with Crippen LogP contribution in [0.5, 0.6) is 0 Å². The first kappa shape index (κ1) is 13.3. The maximum atomic E-state index is 6.12. The second-order valence-corrected chi connectivity index (χ2v) is 5.78. The predicted octanol–water partition coefficient (Wildman–Crippen LogP) is 4.16. The number of hydrogen-bond acceptors (Lipinski definition) is 1. The summed E-state index contributed by atoms with van der Waals surface area (Å²) in [6, 6.07) is 5.94. The molecule has 0 saturated carbocycles. The Morgan fingerprint density at radius 2 is 2.13 bits per heavy atom. The van der Waals surface area contributed by atoms with E-state index in [9.17, 15) is 0 Å². The predicted molar refractivity (Wildman–Crippen MR) is 70.8 cm³/mol. The van der Waals surface area contributed by atoms with Crippen LogP contribution >= 0.6 is 39.1 Å². The molecule has 0 heterocycles. The Bertz CT molecular complexity index is 328. The molecular weight excluding hydrogens is 297 g/mol. The molecule has 1 aromatic carbocycles. The van der Waals surface area contributed by atoms with E-state index in [2.05, 4.69) is 20.8 Å². The van der Waals surface area contributed by atoms with Crippen LogP contribution in [-0.4, -0.2) is 23.9 Å². The first-order chi connectivity index (χ1) is 6.99. The van der Waals surface area contributed by atoms with Gasteiger partial charge in [0, 0.05) is 28.0 Å². The SMILES string of the molecule is CC(Cl)CN(C)Cc1ccc(Br)cc1Cl. The van der Waals surface area contributed by atoms with E-state index >= 15 is 0 Å². The summed E-state index contributed by atoms with van der Waals surface area (Å²) in [4.78, 5) is 2.16. The van der Waals surface area contributed by atoms with Crippen molar-refractivity contribution in [3.63, 3.8) is 0 Å². The van der Waals surface area contributed by atoms with Crippen LogP contribution in [0, 0.1) is 0 Å². The van der Waals surface area contributed by atoms with Crippen molar-refractivity contribution in [3.05, 3.63) is 33.3 Å². The van der Waals surface area contributed by atoms with Gasteiger partial charge in [-0.25, -0.2) is 0 Å². The molecule has 0 radical (unpaired) electrons. The van der Waals surface area contributed by atoms with Gasteiger partial charge in [0.1, 0.15) is 0 Å². The highest BCUT2D eigenvalue weighted by atomic mass is 79.9. The first-order valence-electron chi connectivity index (χ1n) is 4.75. The Morgan fingerprint density at radius 1 is 1.47 bits per heavy atom. The Kier molecular flexibility index (Phi) is 5.41. The van der Waals surface area contributed by atoms with Crippen LogP contribution < -0.4 is 0 Å². The van der Waals surface area contributed by atoms with Gasteiger partial charge in [-0.05, 0) is 31.7 Å². The summed E-state index contributed by atoms with van der Waals surface area (Å²) in [5, 5.41) is 0.947. The summed E-state index contributed by atoms with van der Waals surface area (Å²) < 4.78 is 1.00. The summed E-state index contributed by atoms with van der Waals surface area (Å²) in [7, 11) is 2.04. The lowest BCUT2D eigenvalue weighted by Crippen LogP contribution is -2.24. The fourth-order valence-corrected chi connectivity index (χ4v) is 2.40. The van der Waals surface area contributed by atoms with Crippen LogP contribution in [0.3, 0.4) is 0 Å². The van der Waals surface area contributed by atoms with E-state index in [0.29, 0.717) is 0 Å². The van der Waals surface area contributed by atoms with Crippen LogP contribution in [0.25, 0.3) is 0 Å². The third kappa shape index (κ3) is 4.73. The van der Waals surface area contributed by atoms with E-state index in [1.807, 2.05) is 32.2 Å². The van der Waals surface area contributed by atoms with Crippen molar-refractivity contribution in [1.29, 1.82) is 0 Å². The largest absolute Gasteiger partial charge is 0.301 e. The zero-order valence-electron chi connectivity index (χ0n) is 8.80. The molecule has 4 heteroatoms. The van der Waals surface area contributed by atoms with Gasteiger partial charge in [0.15, 0.2) is 0 Å². The van der Waals surface area contributed by atoms with Crippen molar-refractivity contribution in [2.45, 2.75) is 18.8 Å². The van der Waals surface area contributed by atoms with Gasteiger partial charge in [-0.1, -0.05) is 33.6 Å². The summed E-state index contributed by atoms with van der Waals surface area (Å²) >= 11 is 15.4. The highest BCUT2D eigenvalue weighted by Crippen LogP contribution is 2.22. The van der Waals surface area contributed by atoms with E-state index in [1.165, 1.54) is 0 Å². The second-order valence-electron chi connectivity index (χ2n) is 3.71. The molecule has 0 aliphatic rings. The molecule has 0 fully saturated rings. The van der Waals surface area contributed by atoms with E-state index in [4.69, 9.17) is 23.2 Å². The van der Waals surface area contributed by atoms with Crippen molar-refractivity contribution >= 4 is 39.1 Å². The third-order valence-electron chi connectivity index (χ3n) is 2.02. The molecule has 0 amide bonds. The van der Waals surface area contributed by atoms with Gasteiger partial charge >= 0.3 is 0 Å². The van der Waals surface area contributed by atoms with E-state index in [1.54, 1.807) is 0 Å². The van der Waals surface area contributed by atoms with E-state index in [-0.39, 0.29) is 5.38 Å². The lowest BCUT2D eigenvalue weighted by Gasteiger charge is -2.18. The van der Waals surface area contributed by atoms with Crippen molar-refractivity contribution in [1.82, 2.24) is 4.90 Å².